The molecule has 0 bridgehead atoms. The summed E-state index contributed by atoms with van der Waals surface area (Å²) in [6.07, 6.45) is 0. The molecule has 0 unspecified atom stereocenters. The van der Waals surface area contributed by atoms with E-state index in [1.807, 2.05) is 30.3 Å². The van der Waals surface area contributed by atoms with Gasteiger partial charge in [-0.05, 0) is 18.4 Å². The topological polar surface area (TPSA) is 66.4 Å². The van der Waals surface area contributed by atoms with Gasteiger partial charge in [0.15, 0.2) is 0 Å². The minimum Gasteiger partial charge on any atom is -0.480 e. The first-order valence-corrected chi connectivity index (χ1v) is 6.01. The van der Waals surface area contributed by atoms with Gasteiger partial charge < -0.3 is 10.4 Å². The highest BCUT2D eigenvalue weighted by atomic mass is 16.4. The summed E-state index contributed by atoms with van der Waals surface area (Å²) in [7, 11) is 0. The highest BCUT2D eigenvalue weighted by molar-refractivity contribution is 5.87. The van der Waals surface area contributed by atoms with Crippen LogP contribution in [0.2, 0.25) is 0 Å². The lowest BCUT2D eigenvalue weighted by Crippen LogP contribution is -2.45. The minimum absolute atomic E-state index is 0.144. The molecule has 0 fully saturated rings. The maximum atomic E-state index is 12.0. The first-order chi connectivity index (χ1) is 8.43. The van der Waals surface area contributed by atoms with Crippen molar-refractivity contribution in [2.75, 3.05) is 0 Å². The van der Waals surface area contributed by atoms with Crippen LogP contribution in [0.3, 0.4) is 0 Å². The average molecular weight is 249 g/mol. The molecule has 18 heavy (non-hydrogen) atoms. The van der Waals surface area contributed by atoms with Crippen molar-refractivity contribution in [3.05, 3.63) is 35.9 Å². The normalized spacial score (nSPS) is 14.0. The van der Waals surface area contributed by atoms with E-state index in [1.165, 1.54) is 0 Å². The second kappa shape index (κ2) is 6.19. The summed E-state index contributed by atoms with van der Waals surface area (Å²) in [6, 6.07) is 8.46. The van der Waals surface area contributed by atoms with E-state index in [2.05, 4.69) is 5.32 Å². The summed E-state index contributed by atoms with van der Waals surface area (Å²) in [6.45, 7) is 5.31. The van der Waals surface area contributed by atoms with Crippen LogP contribution < -0.4 is 5.32 Å². The average Bonchev–Trinajstić information content (AvgIpc) is 2.35. The fourth-order valence-electron chi connectivity index (χ4n) is 1.68. The number of amides is 1. The van der Waals surface area contributed by atoms with Crippen molar-refractivity contribution in [2.24, 2.45) is 5.92 Å². The van der Waals surface area contributed by atoms with Crippen LogP contribution in [0, 0.1) is 5.92 Å². The van der Waals surface area contributed by atoms with Gasteiger partial charge in [0.05, 0.1) is 5.92 Å². The molecule has 2 N–H and O–H groups in total. The molecule has 0 spiro atoms. The number of carbonyl (C=O) groups is 2. The summed E-state index contributed by atoms with van der Waals surface area (Å²) in [5.41, 5.74) is 0.878. The highest BCUT2D eigenvalue weighted by Gasteiger charge is 2.26. The van der Waals surface area contributed by atoms with Crippen LogP contribution in [0.15, 0.2) is 30.3 Å². The van der Waals surface area contributed by atoms with Crippen LogP contribution in [-0.2, 0) is 9.59 Å². The predicted octanol–water partition coefficient (Wildman–Crippen LogP) is 2.02. The molecule has 1 rings (SSSR count). The number of carboxylic acids is 1. The number of carbonyl (C=O) groups excluding carboxylic acids is 1. The summed E-state index contributed by atoms with van der Waals surface area (Å²) in [5.74, 6) is -1.76. The molecule has 0 heterocycles. The number of benzene rings is 1. The molecular weight excluding hydrogens is 230 g/mol. The summed E-state index contributed by atoms with van der Waals surface area (Å²) >= 11 is 0. The Balaban J connectivity index is 2.73. The van der Waals surface area contributed by atoms with E-state index in [0.717, 1.165) is 5.56 Å². The van der Waals surface area contributed by atoms with Gasteiger partial charge in [0.25, 0.3) is 0 Å². The zero-order valence-corrected chi connectivity index (χ0v) is 10.9. The molecule has 0 aliphatic heterocycles. The van der Waals surface area contributed by atoms with E-state index in [4.69, 9.17) is 5.11 Å². The standard InChI is InChI=1S/C14H19NO3/c1-9(2)12(14(17)18)15-13(16)10(3)11-7-5-4-6-8-11/h4-10,12H,1-3H3,(H,15,16)(H,17,18)/t10-,12-/m0/s1. The Morgan fingerprint density at radius 2 is 1.67 bits per heavy atom. The van der Waals surface area contributed by atoms with Gasteiger partial charge in [-0.15, -0.1) is 0 Å². The van der Waals surface area contributed by atoms with E-state index in [-0.39, 0.29) is 17.7 Å². The van der Waals surface area contributed by atoms with Crippen LogP contribution in [0.25, 0.3) is 0 Å². The summed E-state index contributed by atoms with van der Waals surface area (Å²) in [5, 5.41) is 11.6. The van der Waals surface area contributed by atoms with Gasteiger partial charge in [-0.3, -0.25) is 4.79 Å². The monoisotopic (exact) mass is 249 g/mol. The number of hydrogen-bond acceptors (Lipinski definition) is 2. The maximum absolute atomic E-state index is 12.0. The number of carboxylic acid groups (broad SMARTS) is 1. The van der Waals surface area contributed by atoms with Crippen molar-refractivity contribution in [1.29, 1.82) is 0 Å². The third-order valence-corrected chi connectivity index (χ3v) is 2.92. The third kappa shape index (κ3) is 3.58. The van der Waals surface area contributed by atoms with Gasteiger partial charge in [0.2, 0.25) is 5.91 Å². The lowest BCUT2D eigenvalue weighted by atomic mass is 9.98. The molecule has 1 aromatic carbocycles. The molecule has 0 aliphatic rings. The number of nitrogens with one attached hydrogen (secondary N) is 1. The zero-order chi connectivity index (χ0) is 13.7. The lowest BCUT2D eigenvalue weighted by Gasteiger charge is -2.20. The van der Waals surface area contributed by atoms with Crippen LogP contribution in [0.5, 0.6) is 0 Å². The van der Waals surface area contributed by atoms with Gasteiger partial charge in [0.1, 0.15) is 6.04 Å². The molecule has 1 amide bonds. The molecule has 0 saturated heterocycles. The second-order valence-electron chi connectivity index (χ2n) is 4.70. The molecule has 0 aliphatic carbocycles. The third-order valence-electron chi connectivity index (χ3n) is 2.92. The molecular formula is C14H19NO3. The molecule has 0 radical (unpaired) electrons. The Bertz CT molecular complexity index is 414. The van der Waals surface area contributed by atoms with E-state index < -0.39 is 12.0 Å². The Kier molecular flexibility index (Phi) is 4.89. The quantitative estimate of drug-likeness (QED) is 0.839. The maximum Gasteiger partial charge on any atom is 0.326 e. The van der Waals surface area contributed by atoms with Gasteiger partial charge in [-0.2, -0.15) is 0 Å². The van der Waals surface area contributed by atoms with Crippen LogP contribution in [-0.4, -0.2) is 23.0 Å². The van der Waals surface area contributed by atoms with Gasteiger partial charge in [0, 0.05) is 0 Å². The van der Waals surface area contributed by atoms with E-state index in [1.54, 1.807) is 20.8 Å². The Hall–Kier alpha value is -1.84. The van der Waals surface area contributed by atoms with Gasteiger partial charge in [-0.25, -0.2) is 4.79 Å². The van der Waals surface area contributed by atoms with Crippen LogP contribution >= 0.6 is 0 Å². The van der Waals surface area contributed by atoms with Crippen LogP contribution in [0.4, 0.5) is 0 Å². The fourth-order valence-corrected chi connectivity index (χ4v) is 1.68. The number of hydrogen-bond donors (Lipinski definition) is 2. The minimum atomic E-state index is -1.00. The fraction of sp³-hybridized carbons (Fsp3) is 0.429. The molecule has 4 heteroatoms. The van der Waals surface area contributed by atoms with Crippen LogP contribution in [0.1, 0.15) is 32.3 Å². The van der Waals surface area contributed by atoms with Crippen molar-refractivity contribution in [2.45, 2.75) is 32.7 Å². The lowest BCUT2D eigenvalue weighted by molar-refractivity contribution is -0.143. The van der Waals surface area contributed by atoms with Gasteiger partial charge >= 0.3 is 5.97 Å². The van der Waals surface area contributed by atoms with Crippen molar-refractivity contribution in [1.82, 2.24) is 5.32 Å². The molecule has 0 saturated carbocycles. The van der Waals surface area contributed by atoms with E-state index in [0.29, 0.717) is 0 Å². The Morgan fingerprint density at radius 3 is 2.11 bits per heavy atom. The Labute approximate surface area is 107 Å². The van der Waals surface area contributed by atoms with Crippen molar-refractivity contribution in [3.8, 4) is 0 Å². The summed E-state index contributed by atoms with van der Waals surface area (Å²) < 4.78 is 0. The van der Waals surface area contributed by atoms with Gasteiger partial charge in [-0.1, -0.05) is 44.2 Å². The predicted molar refractivity (Wildman–Crippen MR) is 69.3 cm³/mol. The largest absolute Gasteiger partial charge is 0.480 e. The molecule has 0 aromatic heterocycles. The zero-order valence-electron chi connectivity index (χ0n) is 10.9. The van der Waals surface area contributed by atoms with Crippen molar-refractivity contribution < 1.29 is 14.7 Å². The second-order valence-corrected chi connectivity index (χ2v) is 4.70. The van der Waals surface area contributed by atoms with E-state index >= 15 is 0 Å². The number of rotatable bonds is 5. The molecule has 2 atom stereocenters. The Morgan fingerprint density at radius 1 is 1.11 bits per heavy atom. The highest BCUT2D eigenvalue weighted by Crippen LogP contribution is 2.15. The molecule has 98 valence electrons. The first-order valence-electron chi connectivity index (χ1n) is 6.01. The first kappa shape index (κ1) is 14.2. The molecule has 1 aromatic rings. The van der Waals surface area contributed by atoms with Crippen molar-refractivity contribution >= 4 is 11.9 Å². The van der Waals surface area contributed by atoms with E-state index in [9.17, 15) is 9.59 Å². The smallest absolute Gasteiger partial charge is 0.326 e. The summed E-state index contributed by atoms with van der Waals surface area (Å²) in [4.78, 5) is 23.0. The number of aliphatic carboxylic acids is 1. The molecule has 4 nitrogen and oxygen atoms in total. The van der Waals surface area contributed by atoms with Crippen molar-refractivity contribution in [3.63, 3.8) is 0 Å². The SMILES string of the molecule is CC(C)[C@H](NC(=O)[C@@H](C)c1ccccc1)C(=O)O.